The minimum atomic E-state index is 0.413. The van der Waals surface area contributed by atoms with Crippen molar-refractivity contribution in [2.45, 2.75) is 13.3 Å². The first-order valence-electron chi connectivity index (χ1n) is 4.81. The summed E-state index contributed by atoms with van der Waals surface area (Å²) in [4.78, 5) is 1.31. The molecule has 1 atom stereocenters. The van der Waals surface area contributed by atoms with Gasteiger partial charge in [-0.25, -0.2) is 0 Å². The molecule has 0 saturated heterocycles. The summed E-state index contributed by atoms with van der Waals surface area (Å²) in [5.74, 6) is 0.940. The Bertz CT molecular complexity index is 271. The Morgan fingerprint density at radius 1 is 1.36 bits per heavy atom. The van der Waals surface area contributed by atoms with Crippen LogP contribution in [0.15, 0.2) is 12.1 Å². The van der Waals surface area contributed by atoms with Crippen LogP contribution < -0.4 is 11.5 Å². The van der Waals surface area contributed by atoms with E-state index < -0.39 is 0 Å². The van der Waals surface area contributed by atoms with Crippen LogP contribution in [-0.2, 0) is 6.42 Å². The van der Waals surface area contributed by atoms with Gasteiger partial charge in [-0.3, -0.25) is 0 Å². The zero-order valence-electron chi connectivity index (χ0n) is 8.37. The van der Waals surface area contributed by atoms with E-state index in [1.54, 1.807) is 11.3 Å². The summed E-state index contributed by atoms with van der Waals surface area (Å²) >= 11 is 7.50. The second-order valence-electron chi connectivity index (χ2n) is 3.62. The number of nitrogens with two attached hydrogens (primary N) is 2. The summed E-state index contributed by atoms with van der Waals surface area (Å²) < 4.78 is 0.851. The van der Waals surface area contributed by atoms with E-state index in [4.69, 9.17) is 23.1 Å². The van der Waals surface area contributed by atoms with Gasteiger partial charge in [0, 0.05) is 4.88 Å². The third-order valence-corrected chi connectivity index (χ3v) is 3.82. The molecule has 0 fully saturated rings. The van der Waals surface area contributed by atoms with Crippen molar-refractivity contribution in [2.24, 2.45) is 23.3 Å². The predicted octanol–water partition coefficient (Wildman–Crippen LogP) is 2.11. The van der Waals surface area contributed by atoms with Gasteiger partial charge < -0.3 is 11.5 Å². The third kappa shape index (κ3) is 3.24. The van der Waals surface area contributed by atoms with Gasteiger partial charge in [0.1, 0.15) is 0 Å². The minimum absolute atomic E-state index is 0.413. The van der Waals surface area contributed by atoms with Crippen LogP contribution in [0.25, 0.3) is 0 Å². The number of halogens is 1. The maximum absolute atomic E-state index is 5.86. The molecule has 14 heavy (non-hydrogen) atoms. The molecule has 0 amide bonds. The Morgan fingerprint density at radius 2 is 2.00 bits per heavy atom. The average Bonchev–Trinajstić information content (AvgIpc) is 2.53. The molecule has 1 unspecified atom stereocenters. The highest BCUT2D eigenvalue weighted by Gasteiger charge is 2.15. The molecule has 1 aromatic heterocycles. The first-order chi connectivity index (χ1) is 6.67. The van der Waals surface area contributed by atoms with Gasteiger partial charge in [-0.1, -0.05) is 18.5 Å². The lowest BCUT2D eigenvalue weighted by Gasteiger charge is -2.19. The van der Waals surface area contributed by atoms with Gasteiger partial charge in [-0.2, -0.15) is 0 Å². The maximum atomic E-state index is 5.86. The van der Waals surface area contributed by atoms with Crippen LogP contribution in [0.3, 0.4) is 0 Å². The first kappa shape index (κ1) is 12.0. The van der Waals surface area contributed by atoms with E-state index in [1.165, 1.54) is 4.88 Å². The van der Waals surface area contributed by atoms with Gasteiger partial charge in [0.25, 0.3) is 0 Å². The van der Waals surface area contributed by atoms with Crippen LogP contribution in [0.4, 0.5) is 0 Å². The van der Waals surface area contributed by atoms with Crippen LogP contribution >= 0.6 is 22.9 Å². The molecule has 1 rings (SSSR count). The molecular weight excluding hydrogens is 216 g/mol. The van der Waals surface area contributed by atoms with E-state index >= 15 is 0 Å². The van der Waals surface area contributed by atoms with E-state index in [-0.39, 0.29) is 0 Å². The fraction of sp³-hybridized carbons (Fsp3) is 0.600. The van der Waals surface area contributed by atoms with Crippen LogP contribution in [0.2, 0.25) is 4.34 Å². The van der Waals surface area contributed by atoms with E-state index in [0.717, 1.165) is 10.8 Å². The highest BCUT2D eigenvalue weighted by molar-refractivity contribution is 7.16. The third-order valence-electron chi connectivity index (χ3n) is 2.56. The molecule has 2 nitrogen and oxygen atoms in total. The summed E-state index contributed by atoms with van der Waals surface area (Å²) in [6.07, 6.45) is 1.02. The predicted molar refractivity (Wildman–Crippen MR) is 63.8 cm³/mol. The van der Waals surface area contributed by atoms with Crippen molar-refractivity contribution in [2.75, 3.05) is 13.1 Å². The lowest BCUT2D eigenvalue weighted by atomic mass is 9.91. The van der Waals surface area contributed by atoms with Crippen molar-refractivity contribution >= 4 is 22.9 Å². The van der Waals surface area contributed by atoms with Crippen molar-refractivity contribution in [3.8, 4) is 0 Å². The smallest absolute Gasteiger partial charge is 0.0931 e. The van der Waals surface area contributed by atoms with Crippen LogP contribution in [-0.4, -0.2) is 13.1 Å². The summed E-state index contributed by atoms with van der Waals surface area (Å²) in [6.45, 7) is 3.52. The standard InChI is InChI=1S/C10H17ClN2S/c1-7(8(5-12)6-13)4-9-2-3-10(11)14-9/h2-3,7-8H,4-6,12-13H2,1H3. The summed E-state index contributed by atoms with van der Waals surface area (Å²) in [6, 6.07) is 4.02. The molecule has 0 aliphatic carbocycles. The van der Waals surface area contributed by atoms with E-state index in [1.807, 2.05) is 6.07 Å². The van der Waals surface area contributed by atoms with Crippen molar-refractivity contribution in [1.82, 2.24) is 0 Å². The fourth-order valence-corrected chi connectivity index (χ4v) is 2.74. The number of hydrogen-bond acceptors (Lipinski definition) is 3. The van der Waals surface area contributed by atoms with Gasteiger partial charge >= 0.3 is 0 Å². The monoisotopic (exact) mass is 232 g/mol. The first-order valence-corrected chi connectivity index (χ1v) is 6.01. The molecule has 0 aliphatic rings. The van der Waals surface area contributed by atoms with Gasteiger partial charge in [-0.15, -0.1) is 11.3 Å². The second-order valence-corrected chi connectivity index (χ2v) is 5.42. The molecule has 0 spiro atoms. The molecule has 4 N–H and O–H groups in total. The molecule has 0 aromatic carbocycles. The number of thiophene rings is 1. The van der Waals surface area contributed by atoms with Crippen molar-refractivity contribution in [3.05, 3.63) is 21.3 Å². The molecule has 0 bridgehead atoms. The van der Waals surface area contributed by atoms with Crippen molar-refractivity contribution in [3.63, 3.8) is 0 Å². The molecular formula is C10H17ClN2S. The minimum Gasteiger partial charge on any atom is -0.330 e. The van der Waals surface area contributed by atoms with Gasteiger partial charge in [-0.05, 0) is 43.5 Å². The Labute approximate surface area is 94.2 Å². The lowest BCUT2D eigenvalue weighted by Crippen LogP contribution is -2.29. The zero-order valence-corrected chi connectivity index (χ0v) is 9.94. The van der Waals surface area contributed by atoms with Crippen LogP contribution in [0.1, 0.15) is 11.8 Å². The van der Waals surface area contributed by atoms with E-state index in [2.05, 4.69) is 13.0 Å². The number of hydrogen-bond donors (Lipinski definition) is 2. The summed E-state index contributed by atoms with van der Waals surface area (Å²) in [7, 11) is 0. The van der Waals surface area contributed by atoms with Crippen molar-refractivity contribution < 1.29 is 0 Å². The highest BCUT2D eigenvalue weighted by atomic mass is 35.5. The Hall–Kier alpha value is -0.0900. The highest BCUT2D eigenvalue weighted by Crippen LogP contribution is 2.25. The Morgan fingerprint density at radius 3 is 2.43 bits per heavy atom. The fourth-order valence-electron chi connectivity index (χ4n) is 1.51. The van der Waals surface area contributed by atoms with E-state index in [0.29, 0.717) is 24.9 Å². The van der Waals surface area contributed by atoms with Crippen LogP contribution in [0.5, 0.6) is 0 Å². The molecule has 4 heteroatoms. The SMILES string of the molecule is CC(Cc1ccc(Cl)s1)C(CN)CN. The molecule has 0 saturated carbocycles. The summed E-state index contributed by atoms with van der Waals surface area (Å²) in [5, 5.41) is 0. The van der Waals surface area contributed by atoms with Gasteiger partial charge in [0.05, 0.1) is 4.34 Å². The average molecular weight is 233 g/mol. The van der Waals surface area contributed by atoms with E-state index in [9.17, 15) is 0 Å². The largest absolute Gasteiger partial charge is 0.330 e. The lowest BCUT2D eigenvalue weighted by molar-refractivity contribution is 0.374. The summed E-state index contributed by atoms with van der Waals surface area (Å²) in [5.41, 5.74) is 11.3. The quantitative estimate of drug-likeness (QED) is 0.817. The van der Waals surface area contributed by atoms with Crippen molar-refractivity contribution in [1.29, 1.82) is 0 Å². The zero-order chi connectivity index (χ0) is 10.6. The maximum Gasteiger partial charge on any atom is 0.0931 e. The topological polar surface area (TPSA) is 52.0 Å². The van der Waals surface area contributed by atoms with Crippen LogP contribution in [0, 0.1) is 11.8 Å². The van der Waals surface area contributed by atoms with Gasteiger partial charge in [0.15, 0.2) is 0 Å². The molecule has 1 heterocycles. The molecule has 0 aliphatic heterocycles. The normalized spacial score (nSPS) is 13.5. The second kappa shape index (κ2) is 5.71. The number of rotatable bonds is 5. The Balaban J connectivity index is 2.51. The Kier molecular flexibility index (Phi) is 4.89. The molecule has 1 aromatic rings. The molecule has 0 radical (unpaired) electrons. The molecule has 80 valence electrons. The van der Waals surface area contributed by atoms with Gasteiger partial charge in [0.2, 0.25) is 0 Å².